The van der Waals surface area contributed by atoms with Crippen molar-refractivity contribution < 1.29 is 14.1 Å². The van der Waals surface area contributed by atoms with Crippen LogP contribution in [-0.4, -0.2) is 31.6 Å². The van der Waals surface area contributed by atoms with Gasteiger partial charge in [0.1, 0.15) is 18.1 Å². The maximum Gasteiger partial charge on any atom is 0.236 e. The molecule has 1 aromatic carbocycles. The van der Waals surface area contributed by atoms with E-state index in [2.05, 4.69) is 34.2 Å². The number of anilines is 1. The van der Waals surface area contributed by atoms with Crippen LogP contribution in [-0.2, 0) is 24.4 Å². The number of thioether (sulfide) groups is 1. The molecular weight excluding hydrogens is 390 g/mol. The minimum atomic E-state index is -0.203. The molecule has 0 unspecified atom stereocenters. The van der Waals surface area contributed by atoms with Gasteiger partial charge in [0.25, 0.3) is 0 Å². The molecular formula is C20H23N5O3S. The van der Waals surface area contributed by atoms with Crippen LogP contribution in [0.3, 0.4) is 0 Å². The van der Waals surface area contributed by atoms with Crippen LogP contribution in [0.25, 0.3) is 0 Å². The predicted molar refractivity (Wildman–Crippen MR) is 111 cm³/mol. The summed E-state index contributed by atoms with van der Waals surface area (Å²) in [6.45, 7) is 8.45. The molecule has 0 aliphatic rings. The lowest BCUT2D eigenvalue weighted by Crippen LogP contribution is -2.15. The Bertz CT molecular complexity index is 965. The number of amides is 1. The quantitative estimate of drug-likeness (QED) is 0.400. The SMILES string of the molecule is C=CCn1c(COc2ccc(CC)cc2)nnc1SCC(=O)Nc1cc(C)on1. The average molecular weight is 414 g/mol. The summed E-state index contributed by atoms with van der Waals surface area (Å²) < 4.78 is 12.7. The standard InChI is InChI=1S/C20H23N5O3S/c1-4-10-25-18(12-27-16-8-6-15(5-2)7-9-16)22-23-20(25)29-13-19(26)21-17-11-14(3)28-24-17/h4,6-9,11H,1,5,10,12-13H2,2-3H3,(H,21,24,26). The van der Waals surface area contributed by atoms with Crippen molar-refractivity contribution in [3.63, 3.8) is 0 Å². The van der Waals surface area contributed by atoms with E-state index in [-0.39, 0.29) is 18.3 Å². The molecule has 0 bridgehead atoms. The minimum Gasteiger partial charge on any atom is -0.486 e. The minimum absolute atomic E-state index is 0.167. The largest absolute Gasteiger partial charge is 0.486 e. The number of aryl methyl sites for hydroxylation is 2. The van der Waals surface area contributed by atoms with Gasteiger partial charge >= 0.3 is 0 Å². The summed E-state index contributed by atoms with van der Waals surface area (Å²) in [5.74, 6) is 2.42. The Kier molecular flexibility index (Phi) is 7.07. The van der Waals surface area contributed by atoms with Crippen LogP contribution in [0.15, 0.2) is 52.7 Å². The Labute approximate surface area is 173 Å². The van der Waals surface area contributed by atoms with Crippen LogP contribution in [0.5, 0.6) is 5.75 Å². The number of allylic oxidation sites excluding steroid dienone is 1. The van der Waals surface area contributed by atoms with Crippen LogP contribution >= 0.6 is 11.8 Å². The fourth-order valence-corrected chi connectivity index (χ4v) is 3.32. The summed E-state index contributed by atoms with van der Waals surface area (Å²) in [4.78, 5) is 12.1. The summed E-state index contributed by atoms with van der Waals surface area (Å²) in [5, 5.41) is 15.4. The van der Waals surface area contributed by atoms with E-state index in [0.29, 0.717) is 29.1 Å². The molecule has 0 aliphatic heterocycles. The Hall–Kier alpha value is -3.07. The first-order chi connectivity index (χ1) is 14.1. The topological polar surface area (TPSA) is 95.1 Å². The lowest BCUT2D eigenvalue weighted by atomic mass is 10.2. The van der Waals surface area contributed by atoms with E-state index in [1.165, 1.54) is 17.3 Å². The number of benzene rings is 1. The molecule has 9 heteroatoms. The van der Waals surface area contributed by atoms with Crippen molar-refractivity contribution in [1.29, 1.82) is 0 Å². The van der Waals surface area contributed by atoms with Crippen molar-refractivity contribution in [3.8, 4) is 5.75 Å². The summed E-state index contributed by atoms with van der Waals surface area (Å²) in [6, 6.07) is 9.63. The molecule has 0 radical (unpaired) electrons. The molecule has 152 valence electrons. The van der Waals surface area contributed by atoms with Gasteiger partial charge in [-0.2, -0.15) is 0 Å². The van der Waals surface area contributed by atoms with Crippen LogP contribution < -0.4 is 10.1 Å². The molecule has 3 rings (SSSR count). The molecule has 8 nitrogen and oxygen atoms in total. The smallest absolute Gasteiger partial charge is 0.236 e. The molecule has 3 aromatic rings. The van der Waals surface area contributed by atoms with Gasteiger partial charge in [-0.1, -0.05) is 42.1 Å². The highest BCUT2D eigenvalue weighted by atomic mass is 32.2. The van der Waals surface area contributed by atoms with E-state index in [9.17, 15) is 4.79 Å². The van der Waals surface area contributed by atoms with Gasteiger partial charge in [-0.15, -0.1) is 16.8 Å². The summed E-state index contributed by atoms with van der Waals surface area (Å²) in [6.07, 6.45) is 2.74. The number of ether oxygens (including phenoxy) is 1. The monoisotopic (exact) mass is 413 g/mol. The maximum atomic E-state index is 12.1. The van der Waals surface area contributed by atoms with E-state index in [1.54, 1.807) is 19.1 Å². The van der Waals surface area contributed by atoms with Crippen molar-refractivity contribution in [1.82, 2.24) is 19.9 Å². The zero-order valence-corrected chi connectivity index (χ0v) is 17.2. The molecule has 2 aromatic heterocycles. The van der Waals surface area contributed by atoms with Crippen LogP contribution in [0.1, 0.15) is 24.1 Å². The first-order valence-corrected chi connectivity index (χ1v) is 10.2. The lowest BCUT2D eigenvalue weighted by molar-refractivity contribution is -0.113. The summed E-state index contributed by atoms with van der Waals surface area (Å²) in [7, 11) is 0. The Balaban J connectivity index is 1.59. The molecule has 0 fully saturated rings. The molecule has 0 saturated carbocycles. The highest BCUT2D eigenvalue weighted by Gasteiger charge is 2.15. The molecule has 0 atom stereocenters. The highest BCUT2D eigenvalue weighted by Crippen LogP contribution is 2.20. The normalized spacial score (nSPS) is 10.7. The van der Waals surface area contributed by atoms with Crippen molar-refractivity contribution >= 4 is 23.5 Å². The average Bonchev–Trinajstić information content (AvgIpc) is 3.31. The lowest BCUT2D eigenvalue weighted by Gasteiger charge is -2.09. The zero-order valence-electron chi connectivity index (χ0n) is 16.4. The third-order valence-electron chi connectivity index (χ3n) is 4.03. The van der Waals surface area contributed by atoms with Crippen molar-refractivity contribution in [2.45, 2.75) is 38.6 Å². The molecule has 0 saturated heterocycles. The number of nitrogens with zero attached hydrogens (tertiary/aromatic N) is 4. The third-order valence-corrected chi connectivity index (χ3v) is 5.00. The molecule has 2 heterocycles. The predicted octanol–water partition coefficient (Wildman–Crippen LogP) is 3.63. The van der Waals surface area contributed by atoms with E-state index in [0.717, 1.165) is 12.2 Å². The number of hydrogen-bond acceptors (Lipinski definition) is 7. The van der Waals surface area contributed by atoms with Crippen LogP contribution in [0.4, 0.5) is 5.82 Å². The second-order valence-corrected chi connectivity index (χ2v) is 7.19. The molecule has 1 amide bonds. The van der Waals surface area contributed by atoms with E-state index < -0.39 is 0 Å². The third kappa shape index (κ3) is 5.71. The number of hydrogen-bond donors (Lipinski definition) is 1. The van der Waals surface area contributed by atoms with Gasteiger partial charge in [0.05, 0.1) is 5.75 Å². The summed E-state index contributed by atoms with van der Waals surface area (Å²) in [5.41, 5.74) is 1.25. The van der Waals surface area contributed by atoms with Crippen molar-refractivity contribution in [2.75, 3.05) is 11.1 Å². The first kappa shape index (κ1) is 20.7. The molecule has 0 aliphatic carbocycles. The Morgan fingerprint density at radius 3 is 2.79 bits per heavy atom. The van der Waals surface area contributed by atoms with Gasteiger partial charge in [0.2, 0.25) is 5.91 Å². The number of carbonyl (C=O) groups excluding carboxylic acids is 1. The molecule has 1 N–H and O–H groups in total. The van der Waals surface area contributed by atoms with Gasteiger partial charge in [-0.3, -0.25) is 9.36 Å². The first-order valence-electron chi connectivity index (χ1n) is 9.19. The van der Waals surface area contributed by atoms with Gasteiger partial charge in [0.15, 0.2) is 16.8 Å². The number of nitrogens with one attached hydrogen (secondary N) is 1. The number of carbonyl (C=O) groups is 1. The second-order valence-electron chi connectivity index (χ2n) is 6.24. The van der Waals surface area contributed by atoms with Gasteiger partial charge in [-0.25, -0.2) is 0 Å². The van der Waals surface area contributed by atoms with Gasteiger partial charge in [0, 0.05) is 12.6 Å². The summed E-state index contributed by atoms with van der Waals surface area (Å²) >= 11 is 1.28. The fourth-order valence-electron chi connectivity index (χ4n) is 2.55. The zero-order chi connectivity index (χ0) is 20.6. The number of aromatic nitrogens is 4. The van der Waals surface area contributed by atoms with Gasteiger partial charge in [-0.05, 0) is 31.0 Å². The van der Waals surface area contributed by atoms with E-state index in [1.807, 2.05) is 28.8 Å². The second kappa shape index (κ2) is 9.92. The Morgan fingerprint density at radius 1 is 1.34 bits per heavy atom. The highest BCUT2D eigenvalue weighted by molar-refractivity contribution is 7.99. The van der Waals surface area contributed by atoms with Crippen LogP contribution in [0, 0.1) is 6.92 Å². The maximum absolute atomic E-state index is 12.1. The molecule has 29 heavy (non-hydrogen) atoms. The van der Waals surface area contributed by atoms with Crippen molar-refractivity contribution in [2.24, 2.45) is 0 Å². The number of rotatable bonds is 10. The fraction of sp³-hybridized carbons (Fsp3) is 0.300. The van der Waals surface area contributed by atoms with E-state index in [4.69, 9.17) is 9.26 Å². The molecule has 0 spiro atoms. The van der Waals surface area contributed by atoms with Crippen molar-refractivity contribution in [3.05, 3.63) is 60.1 Å². The van der Waals surface area contributed by atoms with E-state index >= 15 is 0 Å². The van der Waals surface area contributed by atoms with Crippen LogP contribution in [0.2, 0.25) is 0 Å². The Morgan fingerprint density at radius 2 is 2.14 bits per heavy atom. The van der Waals surface area contributed by atoms with Gasteiger partial charge < -0.3 is 14.6 Å².